The average Bonchev–Trinajstić information content (AvgIpc) is 2.86. The summed E-state index contributed by atoms with van der Waals surface area (Å²) in [6, 6.07) is 13.4. The summed E-state index contributed by atoms with van der Waals surface area (Å²) in [5, 5.41) is 0. The van der Waals surface area contributed by atoms with Crippen LogP contribution in [-0.4, -0.2) is 23.3 Å². The lowest BCUT2D eigenvalue weighted by atomic mass is 10.3. The lowest BCUT2D eigenvalue weighted by Crippen LogP contribution is -2.09. The van der Waals surface area contributed by atoms with Gasteiger partial charge in [-0.2, -0.15) is 0 Å². The maximum Gasteiger partial charge on any atom is 0.119 e. The Morgan fingerprint density at radius 1 is 1.09 bits per heavy atom. The van der Waals surface area contributed by atoms with Gasteiger partial charge in [-0.1, -0.05) is 6.07 Å². The molecule has 0 saturated heterocycles. The van der Waals surface area contributed by atoms with Crippen molar-refractivity contribution in [2.45, 2.75) is 13.5 Å². The van der Waals surface area contributed by atoms with Crippen LogP contribution in [0.3, 0.4) is 0 Å². The highest BCUT2D eigenvalue weighted by Crippen LogP contribution is 2.22. The Balaban J connectivity index is 1.71. The molecule has 0 radical (unpaired) electrons. The number of hydrogen-bond donors (Lipinski definition) is 1. The first-order valence-corrected chi connectivity index (χ1v) is 7.17. The molecule has 22 heavy (non-hydrogen) atoms. The van der Waals surface area contributed by atoms with Gasteiger partial charge in [0, 0.05) is 0 Å². The lowest BCUT2D eigenvalue weighted by Gasteiger charge is -2.10. The van der Waals surface area contributed by atoms with E-state index in [1.807, 2.05) is 49.4 Å². The number of nitrogens with zero attached hydrogens (tertiary/aromatic N) is 2. The normalized spacial score (nSPS) is 10.8. The number of imidazole rings is 1. The van der Waals surface area contributed by atoms with E-state index < -0.39 is 0 Å². The summed E-state index contributed by atoms with van der Waals surface area (Å²) >= 11 is 0. The molecule has 2 N–H and O–H groups in total. The third-order valence-electron chi connectivity index (χ3n) is 3.64. The van der Waals surface area contributed by atoms with E-state index in [1.165, 1.54) is 0 Å². The Bertz CT molecular complexity index is 778. The van der Waals surface area contributed by atoms with Crippen molar-refractivity contribution < 1.29 is 9.47 Å². The van der Waals surface area contributed by atoms with E-state index in [-0.39, 0.29) is 0 Å². The summed E-state index contributed by atoms with van der Waals surface area (Å²) < 4.78 is 13.0. The average molecular weight is 297 g/mol. The maximum atomic E-state index is 5.97. The van der Waals surface area contributed by atoms with Crippen molar-refractivity contribution in [1.29, 1.82) is 0 Å². The fourth-order valence-corrected chi connectivity index (χ4v) is 2.49. The van der Waals surface area contributed by atoms with Crippen molar-refractivity contribution in [2.24, 2.45) is 0 Å². The minimum Gasteiger partial charge on any atom is -0.497 e. The Morgan fingerprint density at radius 3 is 2.55 bits per heavy atom. The second-order valence-electron chi connectivity index (χ2n) is 5.05. The predicted molar refractivity (Wildman–Crippen MR) is 87.4 cm³/mol. The standard InChI is InChI=1S/C17H19N3O2/c1-12-19-17-15(18)4-3-5-16(17)20(12)10-11-22-14-8-6-13(21-2)7-9-14/h3-9H,10-11,18H2,1-2H3. The van der Waals surface area contributed by atoms with E-state index >= 15 is 0 Å². The molecule has 0 atom stereocenters. The zero-order chi connectivity index (χ0) is 15.5. The molecular formula is C17H19N3O2. The van der Waals surface area contributed by atoms with Gasteiger partial charge >= 0.3 is 0 Å². The van der Waals surface area contributed by atoms with Crippen molar-refractivity contribution in [3.05, 3.63) is 48.3 Å². The number of fused-ring (bicyclic) bond motifs is 1. The second kappa shape index (κ2) is 5.97. The van der Waals surface area contributed by atoms with Crippen LogP contribution in [0, 0.1) is 6.92 Å². The summed E-state index contributed by atoms with van der Waals surface area (Å²) in [5.74, 6) is 2.58. The predicted octanol–water partition coefficient (Wildman–Crippen LogP) is 3.01. The molecule has 0 aliphatic heterocycles. The Labute approximate surface area is 129 Å². The lowest BCUT2D eigenvalue weighted by molar-refractivity contribution is 0.298. The van der Waals surface area contributed by atoms with Crippen LogP contribution in [-0.2, 0) is 6.54 Å². The number of benzene rings is 2. The summed E-state index contributed by atoms with van der Waals surface area (Å²) in [6.07, 6.45) is 0. The van der Waals surface area contributed by atoms with E-state index in [4.69, 9.17) is 15.2 Å². The number of rotatable bonds is 5. The molecule has 0 amide bonds. The fraction of sp³-hybridized carbons (Fsp3) is 0.235. The topological polar surface area (TPSA) is 62.3 Å². The van der Waals surface area contributed by atoms with Crippen molar-refractivity contribution >= 4 is 16.7 Å². The van der Waals surface area contributed by atoms with Crippen LogP contribution < -0.4 is 15.2 Å². The van der Waals surface area contributed by atoms with Crippen LogP contribution in [0.15, 0.2) is 42.5 Å². The Hall–Kier alpha value is -2.69. The third kappa shape index (κ3) is 2.70. The van der Waals surface area contributed by atoms with E-state index in [2.05, 4.69) is 9.55 Å². The summed E-state index contributed by atoms with van der Waals surface area (Å²) in [7, 11) is 1.65. The van der Waals surface area contributed by atoms with Gasteiger partial charge in [0.1, 0.15) is 29.4 Å². The van der Waals surface area contributed by atoms with E-state index in [0.717, 1.165) is 34.9 Å². The summed E-state index contributed by atoms with van der Waals surface area (Å²) in [5.41, 5.74) is 8.56. The van der Waals surface area contributed by atoms with E-state index in [0.29, 0.717) is 12.3 Å². The van der Waals surface area contributed by atoms with Gasteiger partial charge in [-0.15, -0.1) is 0 Å². The zero-order valence-corrected chi connectivity index (χ0v) is 12.7. The molecule has 0 saturated carbocycles. The first kappa shape index (κ1) is 14.3. The van der Waals surface area contributed by atoms with Crippen molar-refractivity contribution in [2.75, 3.05) is 19.5 Å². The minimum absolute atomic E-state index is 0.563. The van der Waals surface area contributed by atoms with Gasteiger partial charge in [-0.05, 0) is 43.3 Å². The molecule has 0 aliphatic rings. The number of ether oxygens (including phenoxy) is 2. The number of hydrogen-bond acceptors (Lipinski definition) is 4. The van der Waals surface area contributed by atoms with Gasteiger partial charge < -0.3 is 19.8 Å². The highest BCUT2D eigenvalue weighted by molar-refractivity contribution is 5.87. The number of methoxy groups -OCH3 is 1. The molecule has 114 valence electrons. The van der Waals surface area contributed by atoms with Crippen LogP contribution in [0.1, 0.15) is 5.82 Å². The second-order valence-corrected chi connectivity index (χ2v) is 5.05. The van der Waals surface area contributed by atoms with Gasteiger partial charge in [-0.3, -0.25) is 0 Å². The van der Waals surface area contributed by atoms with Crippen LogP contribution in [0.5, 0.6) is 11.5 Å². The monoisotopic (exact) mass is 297 g/mol. The van der Waals surface area contributed by atoms with E-state index in [1.54, 1.807) is 7.11 Å². The van der Waals surface area contributed by atoms with Crippen LogP contribution in [0.25, 0.3) is 11.0 Å². The van der Waals surface area contributed by atoms with Crippen molar-refractivity contribution in [1.82, 2.24) is 9.55 Å². The Kier molecular flexibility index (Phi) is 3.87. The maximum absolute atomic E-state index is 5.97. The first-order chi connectivity index (χ1) is 10.7. The highest BCUT2D eigenvalue weighted by Gasteiger charge is 2.09. The molecule has 0 bridgehead atoms. The summed E-state index contributed by atoms with van der Waals surface area (Å²) in [6.45, 7) is 3.26. The number of aromatic nitrogens is 2. The van der Waals surface area contributed by atoms with Gasteiger partial charge in [0.05, 0.1) is 24.9 Å². The van der Waals surface area contributed by atoms with Crippen LogP contribution >= 0.6 is 0 Å². The molecule has 0 fully saturated rings. The highest BCUT2D eigenvalue weighted by atomic mass is 16.5. The van der Waals surface area contributed by atoms with E-state index in [9.17, 15) is 0 Å². The molecule has 1 aromatic heterocycles. The van der Waals surface area contributed by atoms with Gasteiger partial charge in [-0.25, -0.2) is 4.98 Å². The minimum atomic E-state index is 0.563. The number of anilines is 1. The fourth-order valence-electron chi connectivity index (χ4n) is 2.49. The summed E-state index contributed by atoms with van der Waals surface area (Å²) in [4.78, 5) is 4.53. The largest absolute Gasteiger partial charge is 0.497 e. The number of nitrogen functional groups attached to an aromatic ring is 1. The molecular weight excluding hydrogens is 278 g/mol. The molecule has 5 heteroatoms. The molecule has 0 spiro atoms. The zero-order valence-electron chi connectivity index (χ0n) is 12.7. The number of nitrogens with two attached hydrogens (primary N) is 1. The molecule has 0 aliphatic carbocycles. The molecule has 3 rings (SSSR count). The SMILES string of the molecule is COc1ccc(OCCn2c(C)nc3c(N)cccc32)cc1. The quantitative estimate of drug-likeness (QED) is 0.735. The van der Waals surface area contributed by atoms with Crippen LogP contribution in [0.4, 0.5) is 5.69 Å². The van der Waals surface area contributed by atoms with Crippen LogP contribution in [0.2, 0.25) is 0 Å². The first-order valence-electron chi connectivity index (χ1n) is 7.17. The molecule has 5 nitrogen and oxygen atoms in total. The Morgan fingerprint density at radius 2 is 1.82 bits per heavy atom. The number of aryl methyl sites for hydroxylation is 1. The number of para-hydroxylation sites is 1. The smallest absolute Gasteiger partial charge is 0.119 e. The van der Waals surface area contributed by atoms with Crippen molar-refractivity contribution in [3.63, 3.8) is 0 Å². The van der Waals surface area contributed by atoms with Crippen molar-refractivity contribution in [3.8, 4) is 11.5 Å². The molecule has 2 aromatic carbocycles. The van der Waals surface area contributed by atoms with Gasteiger partial charge in [0.2, 0.25) is 0 Å². The molecule has 3 aromatic rings. The molecule has 0 unspecified atom stereocenters. The molecule has 1 heterocycles. The third-order valence-corrected chi connectivity index (χ3v) is 3.64. The van der Waals surface area contributed by atoms with Gasteiger partial charge in [0.15, 0.2) is 0 Å². The van der Waals surface area contributed by atoms with Gasteiger partial charge in [0.25, 0.3) is 0 Å².